The van der Waals surface area contributed by atoms with E-state index in [0.717, 1.165) is 0 Å². The fourth-order valence-electron chi connectivity index (χ4n) is 1.37. The third kappa shape index (κ3) is 1.28. The molecule has 0 aliphatic carbocycles. The summed E-state index contributed by atoms with van der Waals surface area (Å²) in [6.07, 6.45) is 0.574. The first-order chi connectivity index (χ1) is 6.52. The van der Waals surface area contributed by atoms with Crippen molar-refractivity contribution in [2.45, 2.75) is 19.6 Å². The topological polar surface area (TPSA) is 55.8 Å². The van der Waals surface area contributed by atoms with Gasteiger partial charge in [0.2, 0.25) is 5.79 Å². The molecule has 1 aromatic rings. The van der Waals surface area contributed by atoms with Crippen LogP contribution >= 0.6 is 0 Å². The van der Waals surface area contributed by atoms with Crippen LogP contribution in [0.25, 0.3) is 0 Å². The molecule has 1 aromatic carbocycles. The number of rotatable bonds is 1. The molecule has 14 heavy (non-hydrogen) atoms. The van der Waals surface area contributed by atoms with Crippen LogP contribution in [-0.4, -0.2) is 17.2 Å². The van der Waals surface area contributed by atoms with Crippen molar-refractivity contribution in [2.24, 2.45) is 0 Å². The Morgan fingerprint density at radius 3 is 2.43 bits per heavy atom. The van der Waals surface area contributed by atoms with Gasteiger partial charge in [0.05, 0.1) is 5.56 Å². The van der Waals surface area contributed by atoms with Gasteiger partial charge in [-0.3, -0.25) is 4.79 Å². The summed E-state index contributed by atoms with van der Waals surface area (Å²) >= 11 is 0. The van der Waals surface area contributed by atoms with Crippen LogP contribution in [0.3, 0.4) is 0 Å². The minimum absolute atomic E-state index is 0.0972. The van der Waals surface area contributed by atoms with E-state index in [9.17, 15) is 9.90 Å². The summed E-state index contributed by atoms with van der Waals surface area (Å²) in [5.41, 5.74) is 0.199. The van der Waals surface area contributed by atoms with Gasteiger partial charge in [0, 0.05) is 19.9 Å². The number of hydrogen-bond donors (Lipinski definition) is 1. The summed E-state index contributed by atoms with van der Waals surface area (Å²) in [5.74, 6) is 0.101. The molecule has 1 N–H and O–H groups in total. The number of phenols is 1. The number of aromatic hydroxyl groups is 1. The van der Waals surface area contributed by atoms with Gasteiger partial charge < -0.3 is 14.6 Å². The van der Waals surface area contributed by atoms with E-state index in [2.05, 4.69) is 0 Å². The van der Waals surface area contributed by atoms with E-state index in [1.54, 1.807) is 13.8 Å². The molecule has 1 aliphatic heterocycles. The molecule has 0 saturated heterocycles. The van der Waals surface area contributed by atoms with Crippen molar-refractivity contribution in [1.29, 1.82) is 0 Å². The third-order valence-electron chi connectivity index (χ3n) is 1.93. The molecule has 0 bridgehead atoms. The van der Waals surface area contributed by atoms with Crippen LogP contribution in [0, 0.1) is 0 Å². The van der Waals surface area contributed by atoms with Crippen molar-refractivity contribution in [2.75, 3.05) is 0 Å². The number of carbonyl (C=O) groups excluding carboxylic acids is 1. The van der Waals surface area contributed by atoms with Crippen molar-refractivity contribution < 1.29 is 19.4 Å². The maximum absolute atomic E-state index is 10.5. The van der Waals surface area contributed by atoms with E-state index in [0.29, 0.717) is 17.8 Å². The predicted molar refractivity (Wildman–Crippen MR) is 48.8 cm³/mol. The number of fused-ring (bicyclic) bond motifs is 1. The molecule has 4 heteroatoms. The highest BCUT2D eigenvalue weighted by molar-refractivity contribution is 5.81. The summed E-state index contributed by atoms with van der Waals surface area (Å²) in [4.78, 5) is 10.5. The summed E-state index contributed by atoms with van der Waals surface area (Å²) in [5, 5.41) is 9.38. The normalized spacial score (nSPS) is 16.7. The molecular formula is C10H10O4. The zero-order valence-corrected chi connectivity index (χ0v) is 7.90. The Kier molecular flexibility index (Phi) is 1.67. The van der Waals surface area contributed by atoms with Crippen LogP contribution in [0.15, 0.2) is 12.1 Å². The number of hydrogen-bond acceptors (Lipinski definition) is 4. The molecule has 2 rings (SSSR count). The highest BCUT2D eigenvalue weighted by Crippen LogP contribution is 2.42. The molecule has 1 heterocycles. The quantitative estimate of drug-likeness (QED) is 0.691. The van der Waals surface area contributed by atoms with E-state index in [-0.39, 0.29) is 11.3 Å². The van der Waals surface area contributed by atoms with Crippen molar-refractivity contribution in [3.05, 3.63) is 17.7 Å². The molecule has 1 aliphatic rings. The Hall–Kier alpha value is -1.71. The minimum atomic E-state index is -0.740. The van der Waals surface area contributed by atoms with Crippen LogP contribution in [0.1, 0.15) is 24.2 Å². The Morgan fingerprint density at radius 1 is 1.29 bits per heavy atom. The lowest BCUT2D eigenvalue weighted by Gasteiger charge is -2.16. The van der Waals surface area contributed by atoms with E-state index in [1.807, 2.05) is 0 Å². The van der Waals surface area contributed by atoms with Crippen LogP contribution < -0.4 is 9.47 Å². The van der Waals surface area contributed by atoms with Gasteiger partial charge in [-0.05, 0) is 6.07 Å². The Labute approximate surface area is 81.1 Å². The summed E-state index contributed by atoms with van der Waals surface area (Å²) in [7, 11) is 0. The number of benzene rings is 1. The molecule has 4 nitrogen and oxygen atoms in total. The second-order valence-electron chi connectivity index (χ2n) is 3.58. The number of carbonyl (C=O) groups is 1. The monoisotopic (exact) mass is 194 g/mol. The van der Waals surface area contributed by atoms with Crippen molar-refractivity contribution in [3.8, 4) is 17.2 Å². The zero-order valence-electron chi connectivity index (χ0n) is 7.90. The van der Waals surface area contributed by atoms with Crippen LogP contribution in [0.5, 0.6) is 17.2 Å². The molecule has 0 fully saturated rings. The lowest BCUT2D eigenvalue weighted by atomic mass is 10.2. The molecule has 0 amide bonds. The average Bonchev–Trinajstić information content (AvgIpc) is 2.36. The van der Waals surface area contributed by atoms with Crippen molar-refractivity contribution in [3.63, 3.8) is 0 Å². The van der Waals surface area contributed by atoms with Gasteiger partial charge in [0.1, 0.15) is 5.75 Å². The molecule has 0 atom stereocenters. The first kappa shape index (κ1) is 8.87. The third-order valence-corrected chi connectivity index (χ3v) is 1.93. The lowest BCUT2D eigenvalue weighted by Crippen LogP contribution is -2.29. The first-order valence-electron chi connectivity index (χ1n) is 4.22. The number of ether oxygens (including phenoxy) is 2. The van der Waals surface area contributed by atoms with Crippen LogP contribution in [-0.2, 0) is 0 Å². The molecule has 0 unspecified atom stereocenters. The molecule has 0 saturated carbocycles. The predicted octanol–water partition coefficient (Wildman–Crippen LogP) is 1.71. The van der Waals surface area contributed by atoms with E-state index in [4.69, 9.17) is 9.47 Å². The van der Waals surface area contributed by atoms with Gasteiger partial charge in [0.15, 0.2) is 17.8 Å². The van der Waals surface area contributed by atoms with Crippen molar-refractivity contribution in [1.82, 2.24) is 0 Å². The lowest BCUT2D eigenvalue weighted by molar-refractivity contribution is -0.0431. The Morgan fingerprint density at radius 2 is 1.86 bits per heavy atom. The summed E-state index contributed by atoms with van der Waals surface area (Å²) in [6, 6.07) is 2.85. The summed E-state index contributed by atoms with van der Waals surface area (Å²) in [6.45, 7) is 3.51. The van der Waals surface area contributed by atoms with E-state index >= 15 is 0 Å². The standard InChI is InChI=1S/C10H10O4/c1-10(2)13-8-3-6(5-11)7(12)4-9(8)14-10/h3-5,12H,1-2H3. The highest BCUT2D eigenvalue weighted by Gasteiger charge is 2.32. The second kappa shape index (κ2) is 2.64. The molecule has 74 valence electrons. The van der Waals surface area contributed by atoms with Gasteiger partial charge in [-0.2, -0.15) is 0 Å². The van der Waals surface area contributed by atoms with E-state index < -0.39 is 5.79 Å². The van der Waals surface area contributed by atoms with Crippen LogP contribution in [0.4, 0.5) is 0 Å². The fraction of sp³-hybridized carbons (Fsp3) is 0.300. The Bertz CT molecular complexity index is 395. The summed E-state index contributed by atoms with van der Waals surface area (Å²) < 4.78 is 10.8. The van der Waals surface area contributed by atoms with Gasteiger partial charge in [0.25, 0.3) is 0 Å². The fourth-order valence-corrected chi connectivity index (χ4v) is 1.37. The van der Waals surface area contributed by atoms with E-state index in [1.165, 1.54) is 12.1 Å². The number of phenolic OH excluding ortho intramolecular Hbond substituents is 1. The maximum Gasteiger partial charge on any atom is 0.246 e. The smallest absolute Gasteiger partial charge is 0.246 e. The van der Waals surface area contributed by atoms with Gasteiger partial charge in [-0.25, -0.2) is 0 Å². The van der Waals surface area contributed by atoms with Crippen molar-refractivity contribution >= 4 is 6.29 Å². The number of aldehydes is 1. The van der Waals surface area contributed by atoms with Gasteiger partial charge >= 0.3 is 0 Å². The zero-order chi connectivity index (χ0) is 10.3. The van der Waals surface area contributed by atoms with Gasteiger partial charge in [-0.1, -0.05) is 0 Å². The molecule has 0 aromatic heterocycles. The average molecular weight is 194 g/mol. The van der Waals surface area contributed by atoms with Gasteiger partial charge in [-0.15, -0.1) is 0 Å². The first-order valence-corrected chi connectivity index (χ1v) is 4.22. The highest BCUT2D eigenvalue weighted by atomic mass is 16.7. The molecular weight excluding hydrogens is 184 g/mol. The molecule has 0 radical (unpaired) electrons. The van der Waals surface area contributed by atoms with Crippen LogP contribution in [0.2, 0.25) is 0 Å². The Balaban J connectivity index is 2.49. The SMILES string of the molecule is CC1(C)Oc2cc(O)c(C=O)cc2O1. The second-order valence-corrected chi connectivity index (χ2v) is 3.58. The minimum Gasteiger partial charge on any atom is -0.507 e. The maximum atomic E-state index is 10.5. The largest absolute Gasteiger partial charge is 0.507 e. The molecule has 0 spiro atoms.